The Bertz CT molecular complexity index is 498. The van der Waals surface area contributed by atoms with Gasteiger partial charge in [-0.15, -0.1) is 11.8 Å². The number of nitrogens with zero attached hydrogens (tertiary/aromatic N) is 1. The summed E-state index contributed by atoms with van der Waals surface area (Å²) >= 11 is 4.98. The van der Waals surface area contributed by atoms with E-state index in [-0.39, 0.29) is 22.0 Å². The Morgan fingerprint density at radius 2 is 1.95 bits per heavy atom. The van der Waals surface area contributed by atoms with E-state index in [2.05, 4.69) is 15.9 Å². The van der Waals surface area contributed by atoms with Crippen molar-refractivity contribution >= 4 is 33.6 Å². The molecule has 0 saturated carbocycles. The third kappa shape index (κ3) is 2.69. The van der Waals surface area contributed by atoms with Gasteiger partial charge >= 0.3 is 0 Å². The third-order valence-electron chi connectivity index (χ3n) is 3.08. The van der Waals surface area contributed by atoms with Crippen LogP contribution >= 0.6 is 27.7 Å². The molecule has 0 aromatic heterocycles. The number of methoxy groups -OCH3 is 2. The van der Waals surface area contributed by atoms with Crippen molar-refractivity contribution in [1.29, 1.82) is 0 Å². The molecule has 1 aromatic carbocycles. The van der Waals surface area contributed by atoms with Crippen LogP contribution < -0.4 is 9.47 Å². The molecule has 1 heterocycles. The third-order valence-corrected chi connectivity index (χ3v) is 4.75. The molecule has 2 unspecified atom stereocenters. The van der Waals surface area contributed by atoms with E-state index in [4.69, 9.17) is 9.47 Å². The molecule has 1 aromatic rings. The monoisotopic (exact) mass is 361 g/mol. The van der Waals surface area contributed by atoms with Crippen molar-refractivity contribution in [2.24, 2.45) is 0 Å². The minimum Gasteiger partial charge on any atom is -0.502 e. The summed E-state index contributed by atoms with van der Waals surface area (Å²) in [5.74, 6) is 1.15. The predicted octanol–water partition coefficient (Wildman–Crippen LogP) is 2.72. The number of hydrogen-bond acceptors (Lipinski definition) is 5. The van der Waals surface area contributed by atoms with Gasteiger partial charge < -0.3 is 19.5 Å². The number of alkyl halides is 1. The van der Waals surface area contributed by atoms with Crippen LogP contribution in [0.4, 0.5) is 0 Å². The van der Waals surface area contributed by atoms with Crippen molar-refractivity contribution in [2.45, 2.75) is 17.2 Å². The molecule has 1 amide bonds. The van der Waals surface area contributed by atoms with Gasteiger partial charge in [-0.2, -0.15) is 0 Å². The minimum atomic E-state index is -0.125. The number of thioether (sulfide) groups is 1. The highest BCUT2D eigenvalue weighted by Gasteiger charge is 2.36. The molecular formula is C13H16BrNO4S. The fraction of sp³-hybridized carbons (Fsp3) is 0.462. The first-order chi connectivity index (χ1) is 9.49. The van der Waals surface area contributed by atoms with Crippen LogP contribution in [0, 0.1) is 0 Å². The normalized spacial score (nSPS) is 20.1. The summed E-state index contributed by atoms with van der Waals surface area (Å²) in [6, 6.07) is 3.47. The van der Waals surface area contributed by atoms with E-state index >= 15 is 0 Å². The van der Waals surface area contributed by atoms with Gasteiger partial charge in [-0.05, 0) is 24.6 Å². The average molecular weight is 362 g/mol. The van der Waals surface area contributed by atoms with Crippen LogP contribution in [0.2, 0.25) is 0 Å². The Balaban J connectivity index is 2.44. The fourth-order valence-corrected chi connectivity index (χ4v) is 3.99. The molecular weight excluding hydrogens is 346 g/mol. The van der Waals surface area contributed by atoms with Crippen molar-refractivity contribution in [3.05, 3.63) is 17.7 Å². The number of carbonyl (C=O) groups is 1. The molecule has 1 aliphatic rings. The van der Waals surface area contributed by atoms with Gasteiger partial charge in [-0.1, -0.05) is 15.9 Å². The van der Waals surface area contributed by atoms with Crippen LogP contribution in [0.1, 0.15) is 17.9 Å². The Morgan fingerprint density at radius 1 is 1.40 bits per heavy atom. The average Bonchev–Trinajstić information content (AvgIpc) is 2.81. The van der Waals surface area contributed by atoms with E-state index in [1.54, 1.807) is 17.0 Å². The molecule has 20 heavy (non-hydrogen) atoms. The van der Waals surface area contributed by atoms with E-state index in [1.165, 1.54) is 26.0 Å². The lowest BCUT2D eigenvalue weighted by atomic mass is 10.1. The number of amides is 1. The lowest BCUT2D eigenvalue weighted by Crippen LogP contribution is -2.32. The highest BCUT2D eigenvalue weighted by atomic mass is 79.9. The Labute approximate surface area is 130 Å². The zero-order chi connectivity index (χ0) is 14.9. The first-order valence-electron chi connectivity index (χ1n) is 6.01. The van der Waals surface area contributed by atoms with Crippen LogP contribution in [0.3, 0.4) is 0 Å². The standard InChI is InChI=1S/C13H16BrNO4S/c1-7(14)15-11(16)6-20-13(15)8-4-9(18-2)12(17)10(5-8)19-3/h4-5,7,13,17H,6H2,1-3H3. The fourth-order valence-electron chi connectivity index (χ4n) is 2.13. The smallest absolute Gasteiger partial charge is 0.234 e. The zero-order valence-corrected chi connectivity index (χ0v) is 13.8. The molecule has 7 heteroatoms. The summed E-state index contributed by atoms with van der Waals surface area (Å²) < 4.78 is 10.3. The molecule has 1 aliphatic heterocycles. The second-order valence-corrected chi connectivity index (χ2v) is 6.71. The molecule has 1 fully saturated rings. The number of hydrogen-bond donors (Lipinski definition) is 1. The first-order valence-corrected chi connectivity index (χ1v) is 7.97. The van der Waals surface area contributed by atoms with Crippen molar-refractivity contribution in [1.82, 2.24) is 4.90 Å². The van der Waals surface area contributed by atoms with E-state index in [9.17, 15) is 9.90 Å². The molecule has 1 saturated heterocycles. The summed E-state index contributed by atoms with van der Waals surface area (Å²) in [5, 5.41) is 9.81. The van der Waals surface area contributed by atoms with Crippen LogP contribution in [-0.4, -0.2) is 40.8 Å². The summed E-state index contributed by atoms with van der Waals surface area (Å²) in [6.07, 6.45) is 0. The van der Waals surface area contributed by atoms with Gasteiger partial charge in [-0.3, -0.25) is 4.79 Å². The number of rotatable bonds is 4. The van der Waals surface area contributed by atoms with Gasteiger partial charge in [0.15, 0.2) is 11.5 Å². The number of aromatic hydroxyl groups is 1. The Morgan fingerprint density at radius 3 is 2.40 bits per heavy atom. The van der Waals surface area contributed by atoms with Gasteiger partial charge in [0.05, 0.1) is 24.9 Å². The number of carbonyl (C=O) groups excluding carboxylic acids is 1. The largest absolute Gasteiger partial charge is 0.502 e. The van der Waals surface area contributed by atoms with Crippen LogP contribution in [0.15, 0.2) is 12.1 Å². The lowest BCUT2D eigenvalue weighted by molar-refractivity contribution is -0.128. The van der Waals surface area contributed by atoms with Crippen molar-refractivity contribution in [3.63, 3.8) is 0 Å². The van der Waals surface area contributed by atoms with Crippen LogP contribution in [0.25, 0.3) is 0 Å². The van der Waals surface area contributed by atoms with Crippen LogP contribution in [-0.2, 0) is 4.79 Å². The van der Waals surface area contributed by atoms with Crippen molar-refractivity contribution < 1.29 is 19.4 Å². The maximum absolute atomic E-state index is 11.9. The van der Waals surface area contributed by atoms with Gasteiger partial charge in [0.25, 0.3) is 0 Å². The molecule has 0 radical (unpaired) electrons. The minimum absolute atomic E-state index is 0.0356. The lowest BCUT2D eigenvalue weighted by Gasteiger charge is -2.27. The first kappa shape index (κ1) is 15.3. The van der Waals surface area contributed by atoms with Gasteiger partial charge in [0.1, 0.15) is 5.37 Å². The van der Waals surface area contributed by atoms with Gasteiger partial charge in [0.2, 0.25) is 11.7 Å². The summed E-state index contributed by atoms with van der Waals surface area (Å²) in [5.41, 5.74) is 0.860. The molecule has 0 aliphatic carbocycles. The Hall–Kier alpha value is -1.08. The molecule has 110 valence electrons. The maximum Gasteiger partial charge on any atom is 0.234 e. The van der Waals surface area contributed by atoms with E-state index in [1.807, 2.05) is 6.92 Å². The summed E-state index contributed by atoms with van der Waals surface area (Å²) in [6.45, 7) is 1.91. The topological polar surface area (TPSA) is 59.0 Å². The van der Waals surface area contributed by atoms with Gasteiger partial charge in [-0.25, -0.2) is 0 Å². The second kappa shape index (κ2) is 6.13. The number of ether oxygens (including phenoxy) is 2. The predicted molar refractivity (Wildman–Crippen MR) is 81.6 cm³/mol. The molecule has 2 atom stereocenters. The maximum atomic E-state index is 11.9. The van der Waals surface area contributed by atoms with E-state index in [0.717, 1.165) is 5.56 Å². The molecule has 0 spiro atoms. The highest BCUT2D eigenvalue weighted by Crippen LogP contribution is 2.46. The van der Waals surface area contributed by atoms with E-state index < -0.39 is 0 Å². The molecule has 2 rings (SSSR count). The van der Waals surface area contributed by atoms with Crippen molar-refractivity contribution in [3.8, 4) is 17.2 Å². The van der Waals surface area contributed by atoms with E-state index in [0.29, 0.717) is 17.3 Å². The molecule has 0 bridgehead atoms. The van der Waals surface area contributed by atoms with Crippen LogP contribution in [0.5, 0.6) is 17.2 Å². The Kier molecular flexibility index (Phi) is 4.70. The number of phenols is 1. The summed E-state index contributed by atoms with van der Waals surface area (Å²) in [4.78, 5) is 13.6. The zero-order valence-electron chi connectivity index (χ0n) is 11.4. The van der Waals surface area contributed by atoms with Crippen molar-refractivity contribution in [2.75, 3.05) is 20.0 Å². The quantitative estimate of drug-likeness (QED) is 0.659. The highest BCUT2D eigenvalue weighted by molar-refractivity contribution is 9.09. The van der Waals surface area contributed by atoms with Gasteiger partial charge in [0, 0.05) is 0 Å². The number of phenolic OH excluding ortho intramolecular Hbond substituents is 1. The number of halogens is 1. The molecule has 5 nitrogen and oxygen atoms in total. The summed E-state index contributed by atoms with van der Waals surface area (Å²) in [7, 11) is 2.96. The SMILES string of the molecule is COc1cc(C2SCC(=O)N2C(C)Br)cc(OC)c1O. The number of benzene rings is 1. The molecule has 1 N–H and O–H groups in total. The second-order valence-electron chi connectivity index (χ2n) is 4.31.